The van der Waals surface area contributed by atoms with Crippen LogP contribution in [0.5, 0.6) is 5.75 Å². The molecule has 1 amide bonds. The molecular weight excluding hydrogens is 324 g/mol. The van der Waals surface area contributed by atoms with Crippen LogP contribution in [0.25, 0.3) is 0 Å². The number of nitro groups is 1. The third kappa shape index (κ3) is 3.78. The van der Waals surface area contributed by atoms with Gasteiger partial charge in [-0.25, -0.2) is 0 Å². The second-order valence-corrected chi connectivity index (χ2v) is 5.34. The van der Waals surface area contributed by atoms with Gasteiger partial charge in [0.15, 0.2) is 0 Å². The number of carbonyl (C=O) groups is 1. The molecule has 0 saturated carbocycles. The number of halogens is 1. The number of nitro benzene ring substituents is 1. The summed E-state index contributed by atoms with van der Waals surface area (Å²) >= 11 is 6.03. The molecule has 0 saturated heterocycles. The summed E-state index contributed by atoms with van der Waals surface area (Å²) in [5.41, 5.74) is 1.33. The van der Waals surface area contributed by atoms with Gasteiger partial charge < -0.3 is 10.4 Å². The van der Waals surface area contributed by atoms with Crippen molar-refractivity contribution >= 4 is 28.9 Å². The number of phenolic OH excluding ortho intramolecular Hbond substituents is 1. The number of aryl methyl sites for hydroxylation is 2. The quantitative estimate of drug-likeness (QED) is 0.494. The normalized spacial score (nSPS) is 10.6. The van der Waals surface area contributed by atoms with E-state index in [0.29, 0.717) is 17.3 Å². The lowest BCUT2D eigenvalue weighted by atomic mass is 10.2. The van der Waals surface area contributed by atoms with Crippen LogP contribution in [0.15, 0.2) is 18.2 Å². The molecule has 0 spiro atoms. The number of anilines is 1. The summed E-state index contributed by atoms with van der Waals surface area (Å²) in [6.45, 7) is 3.92. The minimum Gasteiger partial charge on any atom is -0.506 e. The highest BCUT2D eigenvalue weighted by atomic mass is 35.5. The van der Waals surface area contributed by atoms with Gasteiger partial charge in [0.1, 0.15) is 5.75 Å². The number of nitrogens with one attached hydrogen (secondary N) is 1. The van der Waals surface area contributed by atoms with Crippen molar-refractivity contribution < 1.29 is 14.8 Å². The molecule has 122 valence electrons. The standard InChI is InChI=1S/C14H15ClN4O4/c1-8-14(15)9(2)18(17-8)6-5-13(21)16-11-4-3-10(19(22)23)7-12(11)20/h3-4,7,20H,5-6H2,1-2H3,(H,16,21). The minimum atomic E-state index is -0.627. The number of non-ortho nitro benzene ring substituents is 1. The van der Waals surface area contributed by atoms with E-state index in [2.05, 4.69) is 10.4 Å². The van der Waals surface area contributed by atoms with Crippen LogP contribution >= 0.6 is 11.6 Å². The summed E-state index contributed by atoms with van der Waals surface area (Å²) in [4.78, 5) is 21.9. The molecule has 0 unspecified atom stereocenters. The third-order valence-corrected chi connectivity index (χ3v) is 3.86. The van der Waals surface area contributed by atoms with Gasteiger partial charge in [0.05, 0.1) is 39.6 Å². The Balaban J connectivity index is 2.00. The molecule has 0 aliphatic heterocycles. The Kier molecular flexibility index (Phi) is 4.85. The fraction of sp³-hybridized carbons (Fsp3) is 0.286. The number of nitrogens with zero attached hydrogens (tertiary/aromatic N) is 3. The lowest BCUT2D eigenvalue weighted by molar-refractivity contribution is -0.384. The number of hydrogen-bond donors (Lipinski definition) is 2. The number of benzene rings is 1. The molecule has 1 aromatic heterocycles. The SMILES string of the molecule is Cc1nn(CCC(=O)Nc2ccc([N+](=O)[O-])cc2O)c(C)c1Cl. The Morgan fingerprint density at radius 1 is 1.48 bits per heavy atom. The van der Waals surface area contributed by atoms with E-state index in [-0.39, 0.29) is 29.5 Å². The summed E-state index contributed by atoms with van der Waals surface area (Å²) in [5.74, 6) is -0.709. The topological polar surface area (TPSA) is 110 Å². The fourth-order valence-electron chi connectivity index (χ4n) is 2.05. The maximum absolute atomic E-state index is 11.9. The Hall–Kier alpha value is -2.61. The molecule has 9 heteroatoms. The maximum Gasteiger partial charge on any atom is 0.273 e. The van der Waals surface area contributed by atoms with Gasteiger partial charge in [0.2, 0.25) is 5.91 Å². The van der Waals surface area contributed by atoms with Gasteiger partial charge in [-0.1, -0.05) is 11.6 Å². The van der Waals surface area contributed by atoms with E-state index in [1.54, 1.807) is 11.6 Å². The molecule has 1 heterocycles. The van der Waals surface area contributed by atoms with Crippen molar-refractivity contribution in [1.82, 2.24) is 9.78 Å². The fourth-order valence-corrected chi connectivity index (χ4v) is 2.19. The van der Waals surface area contributed by atoms with E-state index < -0.39 is 4.92 Å². The molecule has 0 aliphatic rings. The molecule has 0 fully saturated rings. The van der Waals surface area contributed by atoms with Crippen molar-refractivity contribution in [2.24, 2.45) is 0 Å². The van der Waals surface area contributed by atoms with Crippen molar-refractivity contribution in [1.29, 1.82) is 0 Å². The lowest BCUT2D eigenvalue weighted by Crippen LogP contribution is -2.15. The van der Waals surface area contributed by atoms with Crippen LogP contribution in [0.2, 0.25) is 5.02 Å². The number of rotatable bonds is 5. The van der Waals surface area contributed by atoms with E-state index in [4.69, 9.17) is 11.6 Å². The zero-order valence-electron chi connectivity index (χ0n) is 12.5. The van der Waals surface area contributed by atoms with Crippen LogP contribution in [0.3, 0.4) is 0 Å². The smallest absolute Gasteiger partial charge is 0.273 e. The van der Waals surface area contributed by atoms with Crippen LogP contribution in [0.1, 0.15) is 17.8 Å². The molecule has 0 aliphatic carbocycles. The highest BCUT2D eigenvalue weighted by Crippen LogP contribution is 2.28. The van der Waals surface area contributed by atoms with Crippen molar-refractivity contribution in [3.63, 3.8) is 0 Å². The van der Waals surface area contributed by atoms with E-state index in [9.17, 15) is 20.0 Å². The summed E-state index contributed by atoms with van der Waals surface area (Å²) in [7, 11) is 0. The summed E-state index contributed by atoms with van der Waals surface area (Å²) in [6, 6.07) is 3.47. The first-order valence-electron chi connectivity index (χ1n) is 6.76. The highest BCUT2D eigenvalue weighted by molar-refractivity contribution is 6.31. The third-order valence-electron chi connectivity index (χ3n) is 3.31. The van der Waals surface area contributed by atoms with Crippen LogP contribution in [0, 0.1) is 24.0 Å². The second-order valence-electron chi connectivity index (χ2n) is 4.96. The number of hydrogen-bond acceptors (Lipinski definition) is 5. The first-order chi connectivity index (χ1) is 10.8. The Bertz CT molecular complexity index is 772. The number of amides is 1. The Labute approximate surface area is 136 Å². The van der Waals surface area contributed by atoms with Gasteiger partial charge in [0, 0.05) is 12.5 Å². The Morgan fingerprint density at radius 3 is 2.70 bits per heavy atom. The molecule has 0 radical (unpaired) electrons. The van der Waals surface area contributed by atoms with Crippen LogP contribution in [0.4, 0.5) is 11.4 Å². The highest BCUT2D eigenvalue weighted by Gasteiger charge is 2.13. The van der Waals surface area contributed by atoms with Gasteiger partial charge in [-0.15, -0.1) is 0 Å². The number of carbonyl (C=O) groups excluding carboxylic acids is 1. The monoisotopic (exact) mass is 338 g/mol. The molecule has 2 aromatic rings. The molecule has 23 heavy (non-hydrogen) atoms. The van der Waals surface area contributed by atoms with E-state index in [0.717, 1.165) is 11.8 Å². The van der Waals surface area contributed by atoms with E-state index in [1.165, 1.54) is 12.1 Å². The first-order valence-corrected chi connectivity index (χ1v) is 7.14. The van der Waals surface area contributed by atoms with Gasteiger partial charge in [0.25, 0.3) is 5.69 Å². The van der Waals surface area contributed by atoms with Crippen LogP contribution < -0.4 is 5.32 Å². The lowest BCUT2D eigenvalue weighted by Gasteiger charge is -2.08. The second kappa shape index (κ2) is 6.66. The molecule has 2 rings (SSSR count). The zero-order chi connectivity index (χ0) is 17.1. The van der Waals surface area contributed by atoms with Gasteiger partial charge in [-0.3, -0.25) is 19.6 Å². The van der Waals surface area contributed by atoms with Crippen LogP contribution in [-0.2, 0) is 11.3 Å². The molecule has 0 bridgehead atoms. The van der Waals surface area contributed by atoms with E-state index in [1.807, 2.05) is 6.92 Å². The van der Waals surface area contributed by atoms with Crippen molar-refractivity contribution in [2.45, 2.75) is 26.8 Å². The maximum atomic E-state index is 11.9. The zero-order valence-corrected chi connectivity index (χ0v) is 13.3. The van der Waals surface area contributed by atoms with Gasteiger partial charge >= 0.3 is 0 Å². The summed E-state index contributed by atoms with van der Waals surface area (Å²) in [6.07, 6.45) is 0.120. The molecular formula is C14H15ClN4O4. The summed E-state index contributed by atoms with van der Waals surface area (Å²) in [5, 5.41) is 27.6. The van der Waals surface area contributed by atoms with Gasteiger partial charge in [-0.05, 0) is 19.9 Å². The number of phenols is 1. The molecule has 0 atom stereocenters. The first kappa shape index (κ1) is 16.8. The number of aromatic nitrogens is 2. The number of aromatic hydroxyl groups is 1. The molecule has 2 N–H and O–H groups in total. The average molecular weight is 339 g/mol. The van der Waals surface area contributed by atoms with Crippen molar-refractivity contribution in [3.05, 3.63) is 44.7 Å². The van der Waals surface area contributed by atoms with Crippen LogP contribution in [-0.4, -0.2) is 25.7 Å². The van der Waals surface area contributed by atoms with Crippen molar-refractivity contribution in [2.75, 3.05) is 5.32 Å². The Morgan fingerprint density at radius 2 is 2.17 bits per heavy atom. The average Bonchev–Trinajstić information content (AvgIpc) is 2.74. The predicted molar refractivity (Wildman–Crippen MR) is 84.7 cm³/mol. The molecule has 1 aromatic carbocycles. The minimum absolute atomic E-state index is 0.118. The predicted octanol–water partition coefficient (Wildman–Crippen LogP) is 2.80. The summed E-state index contributed by atoms with van der Waals surface area (Å²) < 4.78 is 1.63. The van der Waals surface area contributed by atoms with Gasteiger partial charge in [-0.2, -0.15) is 5.10 Å². The largest absolute Gasteiger partial charge is 0.506 e. The van der Waals surface area contributed by atoms with E-state index >= 15 is 0 Å². The van der Waals surface area contributed by atoms with Crippen molar-refractivity contribution in [3.8, 4) is 5.75 Å². The molecule has 8 nitrogen and oxygen atoms in total.